The Bertz CT molecular complexity index is 1060. The molecule has 1 aromatic heterocycles. The molecule has 2 aliphatic rings. The van der Waals surface area contributed by atoms with E-state index in [1.165, 1.54) is 6.33 Å². The van der Waals surface area contributed by atoms with Crippen molar-refractivity contribution in [2.75, 3.05) is 19.1 Å². The van der Waals surface area contributed by atoms with Crippen LogP contribution in [0.2, 0.25) is 0 Å². The third kappa shape index (κ3) is 3.10. The molecule has 1 fully saturated rings. The van der Waals surface area contributed by atoms with Gasteiger partial charge in [0.1, 0.15) is 17.8 Å². The maximum absolute atomic E-state index is 13.3. The van der Waals surface area contributed by atoms with Crippen LogP contribution >= 0.6 is 0 Å². The monoisotopic (exact) mass is 404 g/mol. The van der Waals surface area contributed by atoms with Gasteiger partial charge >= 0.3 is 0 Å². The first-order valence-electron chi connectivity index (χ1n) is 10.2. The molecule has 1 aliphatic heterocycles. The number of carbonyl (C=O) groups is 1. The average molecular weight is 404 g/mol. The minimum Gasteiger partial charge on any atom is -0.497 e. The van der Waals surface area contributed by atoms with Gasteiger partial charge in [0.2, 0.25) is 11.9 Å². The Labute approximate surface area is 175 Å². The standard InChI is InChI=1S/C23H24N4O3/c1-29-17-11-9-15(10-12-17)19-13-20(18-5-3-4-6-21(18)30-2)27-23(24-14-25-27)26(19)22(28)16-7-8-16/h3-6,9-12,14,16,19-20H,7-8,13H2,1-2H3. The van der Waals surface area contributed by atoms with Crippen LogP contribution in [0.1, 0.15) is 42.5 Å². The fourth-order valence-electron chi connectivity index (χ4n) is 4.28. The van der Waals surface area contributed by atoms with E-state index in [-0.39, 0.29) is 23.9 Å². The Morgan fingerprint density at radius 3 is 2.47 bits per heavy atom. The number of para-hydroxylation sites is 1. The van der Waals surface area contributed by atoms with E-state index in [9.17, 15) is 4.79 Å². The molecule has 30 heavy (non-hydrogen) atoms. The molecule has 7 heteroatoms. The van der Waals surface area contributed by atoms with Crippen LogP contribution < -0.4 is 14.4 Å². The quantitative estimate of drug-likeness (QED) is 0.647. The molecule has 2 atom stereocenters. The lowest BCUT2D eigenvalue weighted by Gasteiger charge is -2.39. The van der Waals surface area contributed by atoms with E-state index in [0.717, 1.165) is 35.5 Å². The molecule has 0 N–H and O–H groups in total. The SMILES string of the molecule is COc1ccc(C2CC(c3ccccc3OC)n3ncnc3N2C(=O)C2CC2)cc1. The van der Waals surface area contributed by atoms with Crippen LogP contribution in [0.3, 0.4) is 0 Å². The summed E-state index contributed by atoms with van der Waals surface area (Å²) in [6.45, 7) is 0. The van der Waals surface area contributed by atoms with E-state index in [1.54, 1.807) is 14.2 Å². The molecule has 1 aliphatic carbocycles. The highest BCUT2D eigenvalue weighted by Gasteiger charge is 2.44. The number of benzene rings is 2. The van der Waals surface area contributed by atoms with Crippen molar-refractivity contribution in [3.05, 3.63) is 66.0 Å². The Morgan fingerprint density at radius 1 is 1.00 bits per heavy atom. The number of fused-ring (bicyclic) bond motifs is 1. The fourth-order valence-corrected chi connectivity index (χ4v) is 4.28. The maximum atomic E-state index is 13.3. The summed E-state index contributed by atoms with van der Waals surface area (Å²) in [5.74, 6) is 2.40. The van der Waals surface area contributed by atoms with E-state index in [1.807, 2.05) is 52.0 Å². The van der Waals surface area contributed by atoms with Crippen LogP contribution in [-0.2, 0) is 4.79 Å². The molecule has 0 bridgehead atoms. The van der Waals surface area contributed by atoms with Gasteiger partial charge in [0.15, 0.2) is 0 Å². The number of hydrogen-bond acceptors (Lipinski definition) is 5. The van der Waals surface area contributed by atoms with Crippen LogP contribution in [0.25, 0.3) is 0 Å². The van der Waals surface area contributed by atoms with E-state index >= 15 is 0 Å². The van der Waals surface area contributed by atoms with Crippen LogP contribution in [0, 0.1) is 5.92 Å². The molecule has 0 spiro atoms. The number of hydrogen-bond donors (Lipinski definition) is 0. The lowest BCUT2D eigenvalue weighted by Crippen LogP contribution is -2.43. The van der Waals surface area contributed by atoms with Crippen LogP contribution in [0.5, 0.6) is 11.5 Å². The second-order valence-corrected chi connectivity index (χ2v) is 7.77. The molecule has 2 heterocycles. The number of rotatable bonds is 5. The number of anilines is 1. The van der Waals surface area contributed by atoms with Crippen molar-refractivity contribution in [2.24, 2.45) is 5.92 Å². The number of amides is 1. The molecular weight excluding hydrogens is 380 g/mol. The predicted octanol–water partition coefficient (Wildman–Crippen LogP) is 3.77. The Morgan fingerprint density at radius 2 is 1.77 bits per heavy atom. The first kappa shape index (κ1) is 18.7. The molecule has 0 radical (unpaired) electrons. The zero-order valence-corrected chi connectivity index (χ0v) is 17.1. The second-order valence-electron chi connectivity index (χ2n) is 7.77. The number of ether oxygens (including phenoxy) is 2. The number of carbonyl (C=O) groups excluding carboxylic acids is 1. The van der Waals surface area contributed by atoms with E-state index in [4.69, 9.17) is 9.47 Å². The van der Waals surface area contributed by atoms with Crippen molar-refractivity contribution in [1.82, 2.24) is 14.8 Å². The number of aromatic nitrogens is 3. The van der Waals surface area contributed by atoms with Crippen LogP contribution in [-0.4, -0.2) is 34.9 Å². The summed E-state index contributed by atoms with van der Waals surface area (Å²) < 4.78 is 12.8. The zero-order chi connectivity index (χ0) is 20.7. The van der Waals surface area contributed by atoms with Gasteiger partial charge in [-0.25, -0.2) is 4.68 Å². The van der Waals surface area contributed by atoms with E-state index < -0.39 is 0 Å². The third-order valence-corrected chi connectivity index (χ3v) is 5.99. The molecule has 2 unspecified atom stereocenters. The normalized spacial score (nSPS) is 20.5. The van der Waals surface area contributed by atoms with Crippen molar-refractivity contribution < 1.29 is 14.3 Å². The first-order chi connectivity index (χ1) is 14.7. The lowest BCUT2D eigenvalue weighted by atomic mass is 9.91. The maximum Gasteiger partial charge on any atom is 0.233 e. The van der Waals surface area contributed by atoms with Gasteiger partial charge in [-0.05, 0) is 43.0 Å². The number of nitrogens with zero attached hydrogens (tertiary/aromatic N) is 4. The largest absolute Gasteiger partial charge is 0.497 e. The van der Waals surface area contributed by atoms with Crippen molar-refractivity contribution in [2.45, 2.75) is 31.3 Å². The van der Waals surface area contributed by atoms with Gasteiger partial charge < -0.3 is 9.47 Å². The van der Waals surface area contributed by atoms with Gasteiger partial charge in [0.25, 0.3) is 0 Å². The molecule has 0 saturated heterocycles. The van der Waals surface area contributed by atoms with Crippen molar-refractivity contribution in [3.8, 4) is 11.5 Å². The summed E-state index contributed by atoms with van der Waals surface area (Å²) in [7, 11) is 3.33. The van der Waals surface area contributed by atoms with Gasteiger partial charge in [-0.1, -0.05) is 30.3 Å². The van der Waals surface area contributed by atoms with Gasteiger partial charge in [0.05, 0.1) is 26.3 Å². The summed E-state index contributed by atoms with van der Waals surface area (Å²) in [6.07, 6.45) is 4.09. The molecule has 7 nitrogen and oxygen atoms in total. The van der Waals surface area contributed by atoms with Crippen LogP contribution in [0.15, 0.2) is 54.9 Å². The van der Waals surface area contributed by atoms with Crippen LogP contribution in [0.4, 0.5) is 5.95 Å². The summed E-state index contributed by atoms with van der Waals surface area (Å²) in [6, 6.07) is 15.7. The van der Waals surface area contributed by atoms with E-state index in [0.29, 0.717) is 12.4 Å². The number of methoxy groups -OCH3 is 2. The molecule has 2 aromatic carbocycles. The molecular formula is C23H24N4O3. The summed E-state index contributed by atoms with van der Waals surface area (Å²) >= 11 is 0. The minimum atomic E-state index is -0.143. The molecule has 3 aromatic rings. The van der Waals surface area contributed by atoms with Crippen molar-refractivity contribution in [1.29, 1.82) is 0 Å². The molecule has 5 rings (SSSR count). The highest BCUT2D eigenvalue weighted by molar-refractivity contribution is 5.96. The molecule has 1 amide bonds. The van der Waals surface area contributed by atoms with Gasteiger partial charge in [0, 0.05) is 11.5 Å². The third-order valence-electron chi connectivity index (χ3n) is 5.99. The second kappa shape index (κ2) is 7.48. The highest BCUT2D eigenvalue weighted by Crippen LogP contribution is 2.46. The fraction of sp³-hybridized carbons (Fsp3) is 0.348. The first-order valence-corrected chi connectivity index (χ1v) is 10.2. The Balaban J connectivity index is 1.63. The van der Waals surface area contributed by atoms with Gasteiger partial charge in [-0.3, -0.25) is 9.69 Å². The smallest absolute Gasteiger partial charge is 0.233 e. The van der Waals surface area contributed by atoms with Gasteiger partial charge in [-0.2, -0.15) is 10.1 Å². The Kier molecular flexibility index (Phi) is 4.65. The predicted molar refractivity (Wildman–Crippen MR) is 112 cm³/mol. The molecule has 154 valence electrons. The summed E-state index contributed by atoms with van der Waals surface area (Å²) in [5.41, 5.74) is 2.09. The zero-order valence-electron chi connectivity index (χ0n) is 17.1. The molecule has 1 saturated carbocycles. The lowest BCUT2D eigenvalue weighted by molar-refractivity contribution is -0.120. The van der Waals surface area contributed by atoms with Crippen molar-refractivity contribution in [3.63, 3.8) is 0 Å². The average Bonchev–Trinajstić information content (AvgIpc) is 3.54. The summed E-state index contributed by atoms with van der Waals surface area (Å²) in [5, 5.41) is 4.49. The minimum absolute atomic E-state index is 0.0821. The van der Waals surface area contributed by atoms with Gasteiger partial charge in [-0.15, -0.1) is 0 Å². The topological polar surface area (TPSA) is 69.5 Å². The Hall–Kier alpha value is -3.35. The summed E-state index contributed by atoms with van der Waals surface area (Å²) in [4.78, 5) is 19.6. The van der Waals surface area contributed by atoms with E-state index in [2.05, 4.69) is 16.1 Å². The highest BCUT2D eigenvalue weighted by atomic mass is 16.5. The van der Waals surface area contributed by atoms with Crippen molar-refractivity contribution >= 4 is 11.9 Å².